The molecule has 0 fully saturated rings. The van der Waals surface area contributed by atoms with Gasteiger partial charge in [-0.1, -0.05) is 11.6 Å². The predicted octanol–water partition coefficient (Wildman–Crippen LogP) is 3.19. The van der Waals surface area contributed by atoms with E-state index >= 15 is 0 Å². The first-order chi connectivity index (χ1) is 7.66. The topological polar surface area (TPSA) is 38.7 Å². The molecule has 0 aliphatic carbocycles. The van der Waals surface area contributed by atoms with Crippen LogP contribution in [-0.4, -0.2) is 15.0 Å². The number of aromatic nitrogens is 3. The lowest BCUT2D eigenvalue weighted by atomic mass is 10.2. The van der Waals surface area contributed by atoms with Gasteiger partial charge in [0, 0.05) is 18.8 Å². The molecule has 2 aromatic rings. The fraction of sp³-hybridized carbons (Fsp3) is 0.182. The van der Waals surface area contributed by atoms with Crippen LogP contribution in [0.15, 0.2) is 29.0 Å². The molecule has 5 heteroatoms. The smallest absolute Gasteiger partial charge is 0.147 e. The molecule has 16 heavy (non-hydrogen) atoms. The summed E-state index contributed by atoms with van der Waals surface area (Å²) < 4.78 is 0.757. The maximum Gasteiger partial charge on any atom is 0.147 e. The van der Waals surface area contributed by atoms with E-state index in [0.717, 1.165) is 21.6 Å². The van der Waals surface area contributed by atoms with Crippen molar-refractivity contribution in [2.24, 2.45) is 0 Å². The quantitative estimate of drug-likeness (QED) is 0.799. The minimum Gasteiger partial charge on any atom is -0.265 e. The van der Waals surface area contributed by atoms with Gasteiger partial charge in [-0.2, -0.15) is 0 Å². The van der Waals surface area contributed by atoms with E-state index in [9.17, 15) is 0 Å². The Kier molecular flexibility index (Phi) is 3.51. The molecule has 0 amide bonds. The third-order valence-electron chi connectivity index (χ3n) is 2.13. The lowest BCUT2D eigenvalue weighted by molar-refractivity contribution is 0.932. The molecular weight excluding hydrogens is 289 g/mol. The average Bonchev–Trinajstić information content (AvgIpc) is 2.27. The monoisotopic (exact) mass is 297 g/mol. The molecule has 0 N–H and O–H groups in total. The molecule has 0 saturated heterocycles. The largest absolute Gasteiger partial charge is 0.265 e. The van der Waals surface area contributed by atoms with E-state index in [-0.39, 0.29) is 0 Å². The van der Waals surface area contributed by atoms with Gasteiger partial charge < -0.3 is 0 Å². The number of hydrogen-bond donors (Lipinski definition) is 0. The zero-order valence-corrected chi connectivity index (χ0v) is 11.0. The third kappa shape index (κ3) is 2.57. The van der Waals surface area contributed by atoms with E-state index in [2.05, 4.69) is 30.9 Å². The number of rotatable bonds is 2. The van der Waals surface area contributed by atoms with Crippen molar-refractivity contribution in [3.05, 3.63) is 51.2 Å². The van der Waals surface area contributed by atoms with Gasteiger partial charge in [0.15, 0.2) is 0 Å². The molecule has 0 saturated carbocycles. The highest BCUT2D eigenvalue weighted by atomic mass is 79.9. The van der Waals surface area contributed by atoms with Gasteiger partial charge in [0.25, 0.3) is 0 Å². The summed E-state index contributed by atoms with van der Waals surface area (Å²) in [6, 6.07) is 3.88. The van der Waals surface area contributed by atoms with Gasteiger partial charge in [0.05, 0.1) is 10.2 Å². The lowest BCUT2D eigenvalue weighted by Gasteiger charge is -2.04. The Balaban J connectivity index is 2.29. The van der Waals surface area contributed by atoms with Crippen LogP contribution in [-0.2, 0) is 6.42 Å². The first-order valence-corrected chi connectivity index (χ1v) is 5.91. The number of hydrogen-bond acceptors (Lipinski definition) is 3. The molecule has 0 spiro atoms. The fourth-order valence-electron chi connectivity index (χ4n) is 1.34. The summed E-state index contributed by atoms with van der Waals surface area (Å²) in [7, 11) is 0. The predicted molar refractivity (Wildman–Crippen MR) is 66.5 cm³/mol. The van der Waals surface area contributed by atoms with E-state index < -0.39 is 0 Å². The summed E-state index contributed by atoms with van der Waals surface area (Å²) in [5.74, 6) is 0.719. The molecule has 0 bridgehead atoms. The Morgan fingerprint density at radius 2 is 1.94 bits per heavy atom. The van der Waals surface area contributed by atoms with Crippen LogP contribution in [0.25, 0.3) is 0 Å². The molecular formula is C11H9BrClN3. The Labute approximate surface area is 107 Å². The highest BCUT2D eigenvalue weighted by Crippen LogP contribution is 2.23. The summed E-state index contributed by atoms with van der Waals surface area (Å²) in [5, 5.41) is 0.455. The fourth-order valence-corrected chi connectivity index (χ4v) is 1.75. The van der Waals surface area contributed by atoms with Crippen LogP contribution in [0, 0.1) is 6.92 Å². The minimum absolute atomic E-state index is 0.455. The zero-order chi connectivity index (χ0) is 11.5. The van der Waals surface area contributed by atoms with E-state index in [1.54, 1.807) is 12.4 Å². The molecule has 0 aliphatic heterocycles. The van der Waals surface area contributed by atoms with Crippen LogP contribution in [0.2, 0.25) is 5.15 Å². The van der Waals surface area contributed by atoms with Crippen LogP contribution >= 0.6 is 27.5 Å². The van der Waals surface area contributed by atoms with Crippen LogP contribution in [0.5, 0.6) is 0 Å². The molecule has 0 atom stereocenters. The van der Waals surface area contributed by atoms with Crippen molar-refractivity contribution in [1.29, 1.82) is 0 Å². The van der Waals surface area contributed by atoms with Crippen molar-refractivity contribution < 1.29 is 0 Å². The van der Waals surface area contributed by atoms with Gasteiger partial charge in [0.1, 0.15) is 11.0 Å². The van der Waals surface area contributed by atoms with E-state index in [4.69, 9.17) is 11.6 Å². The zero-order valence-electron chi connectivity index (χ0n) is 8.61. The Morgan fingerprint density at radius 1 is 1.25 bits per heavy atom. The standard InChI is InChI=1S/C11H9BrClN3/c1-7-10(12)11(13)16-9(15-7)6-8-2-4-14-5-3-8/h2-5H,6H2,1H3. The van der Waals surface area contributed by atoms with Crippen molar-refractivity contribution in [3.63, 3.8) is 0 Å². The second kappa shape index (κ2) is 4.89. The molecule has 2 heterocycles. The molecule has 0 aliphatic rings. The van der Waals surface area contributed by atoms with Crippen molar-refractivity contribution >= 4 is 27.5 Å². The molecule has 3 nitrogen and oxygen atoms in total. The number of nitrogens with zero attached hydrogens (tertiary/aromatic N) is 3. The molecule has 0 radical (unpaired) electrons. The first-order valence-electron chi connectivity index (χ1n) is 4.74. The highest BCUT2D eigenvalue weighted by molar-refractivity contribution is 9.10. The first kappa shape index (κ1) is 11.5. The second-order valence-corrected chi connectivity index (χ2v) is 4.51. The van der Waals surface area contributed by atoms with Crippen LogP contribution < -0.4 is 0 Å². The number of aryl methyl sites for hydroxylation is 1. The third-order valence-corrected chi connectivity index (χ3v) is 3.59. The lowest BCUT2D eigenvalue weighted by Crippen LogP contribution is -2.00. The Hall–Kier alpha value is -1.00. The number of pyridine rings is 1. The van der Waals surface area contributed by atoms with Gasteiger partial charge in [-0.25, -0.2) is 9.97 Å². The number of halogens is 2. The van der Waals surface area contributed by atoms with Crippen LogP contribution in [0.1, 0.15) is 17.1 Å². The van der Waals surface area contributed by atoms with Gasteiger partial charge in [-0.05, 0) is 40.5 Å². The second-order valence-electron chi connectivity index (χ2n) is 3.36. The van der Waals surface area contributed by atoms with Gasteiger partial charge in [-0.15, -0.1) is 0 Å². The molecule has 82 valence electrons. The van der Waals surface area contributed by atoms with Crippen molar-refractivity contribution in [2.75, 3.05) is 0 Å². The average molecular weight is 299 g/mol. The normalized spacial score (nSPS) is 10.4. The summed E-state index contributed by atoms with van der Waals surface area (Å²) in [4.78, 5) is 12.5. The Bertz CT molecular complexity index is 479. The van der Waals surface area contributed by atoms with Crippen LogP contribution in [0.4, 0.5) is 0 Å². The molecule has 2 aromatic heterocycles. The summed E-state index contributed by atoms with van der Waals surface area (Å²) in [6.07, 6.45) is 4.17. The molecule has 2 rings (SSSR count). The summed E-state index contributed by atoms with van der Waals surface area (Å²) in [6.45, 7) is 1.90. The molecule has 0 aromatic carbocycles. The van der Waals surface area contributed by atoms with Gasteiger partial charge >= 0.3 is 0 Å². The maximum atomic E-state index is 5.98. The van der Waals surface area contributed by atoms with Crippen molar-refractivity contribution in [1.82, 2.24) is 15.0 Å². The maximum absolute atomic E-state index is 5.98. The van der Waals surface area contributed by atoms with Gasteiger partial charge in [-0.3, -0.25) is 4.98 Å². The minimum atomic E-state index is 0.455. The summed E-state index contributed by atoms with van der Waals surface area (Å²) in [5.41, 5.74) is 1.97. The summed E-state index contributed by atoms with van der Waals surface area (Å²) >= 11 is 9.31. The van der Waals surface area contributed by atoms with E-state index in [1.165, 1.54) is 0 Å². The van der Waals surface area contributed by atoms with E-state index in [1.807, 2.05) is 19.1 Å². The van der Waals surface area contributed by atoms with E-state index in [0.29, 0.717) is 11.6 Å². The van der Waals surface area contributed by atoms with Gasteiger partial charge in [0.2, 0.25) is 0 Å². The SMILES string of the molecule is Cc1nc(Cc2ccncc2)nc(Cl)c1Br. The van der Waals surface area contributed by atoms with Crippen LogP contribution in [0.3, 0.4) is 0 Å². The Morgan fingerprint density at radius 3 is 2.56 bits per heavy atom. The molecule has 0 unspecified atom stereocenters. The van der Waals surface area contributed by atoms with Crippen molar-refractivity contribution in [3.8, 4) is 0 Å². The highest BCUT2D eigenvalue weighted by Gasteiger charge is 2.07. The van der Waals surface area contributed by atoms with Crippen molar-refractivity contribution in [2.45, 2.75) is 13.3 Å².